The van der Waals surface area contributed by atoms with E-state index in [0.717, 1.165) is 13.4 Å². The van der Waals surface area contributed by atoms with Crippen LogP contribution < -0.4 is 0 Å². The van der Waals surface area contributed by atoms with Gasteiger partial charge in [-0.2, -0.15) is 0 Å². The molecule has 0 spiro atoms. The van der Waals surface area contributed by atoms with E-state index < -0.39 is 66.7 Å². The van der Waals surface area contributed by atoms with Gasteiger partial charge in [0, 0.05) is 0 Å². The van der Waals surface area contributed by atoms with Crippen molar-refractivity contribution in [2.45, 2.75) is 68.0 Å². The Kier molecular flexibility index (Phi) is 5.73. The Labute approximate surface area is 160 Å². The lowest BCUT2D eigenvalue weighted by Crippen LogP contribution is -2.62. The van der Waals surface area contributed by atoms with Crippen molar-refractivity contribution >= 4 is 5.97 Å². The van der Waals surface area contributed by atoms with Gasteiger partial charge in [0.05, 0.1) is 31.5 Å². The van der Waals surface area contributed by atoms with E-state index in [1.54, 1.807) is 0 Å². The molecule has 28 heavy (non-hydrogen) atoms. The molecule has 3 aliphatic rings. The maximum Gasteiger partial charge on any atom is 0.339 e. The van der Waals surface area contributed by atoms with Gasteiger partial charge in [-0.25, -0.2) is 4.79 Å². The van der Waals surface area contributed by atoms with E-state index in [1.165, 1.54) is 6.92 Å². The van der Waals surface area contributed by atoms with E-state index in [2.05, 4.69) is 4.74 Å². The summed E-state index contributed by atoms with van der Waals surface area (Å²) in [6.07, 6.45) is -7.88. The molecular weight excluding hydrogens is 380 g/mol. The number of esters is 1. The molecule has 1 saturated carbocycles. The lowest BCUT2D eigenvalue weighted by atomic mass is 9.77. The summed E-state index contributed by atoms with van der Waals surface area (Å²) in [5.74, 6) is -1.97. The summed E-state index contributed by atoms with van der Waals surface area (Å²) in [4.78, 5) is 12.0. The Morgan fingerprint density at radius 3 is 2.46 bits per heavy atom. The zero-order valence-electron chi connectivity index (χ0n) is 15.5. The molecule has 9 atom stereocenters. The molecule has 160 valence electrons. The van der Waals surface area contributed by atoms with Gasteiger partial charge in [-0.1, -0.05) is 0 Å². The van der Waals surface area contributed by atoms with E-state index >= 15 is 0 Å². The van der Waals surface area contributed by atoms with Crippen LogP contribution in [0.5, 0.6) is 0 Å². The summed E-state index contributed by atoms with van der Waals surface area (Å²) >= 11 is 0. The van der Waals surface area contributed by atoms with Gasteiger partial charge in [0.25, 0.3) is 0 Å². The molecule has 0 amide bonds. The second-order valence-electron chi connectivity index (χ2n) is 7.62. The molecule has 0 radical (unpaired) electrons. The predicted molar refractivity (Wildman–Crippen MR) is 88.1 cm³/mol. The first kappa shape index (κ1) is 21.4. The predicted octanol–water partition coefficient (Wildman–Crippen LogP) is -2.89. The van der Waals surface area contributed by atoms with Gasteiger partial charge in [-0.3, -0.25) is 0 Å². The first-order valence-corrected chi connectivity index (χ1v) is 8.92. The molecule has 11 heteroatoms. The number of aliphatic hydroxyl groups is 6. The molecule has 1 saturated heterocycles. The van der Waals surface area contributed by atoms with Crippen molar-refractivity contribution in [2.75, 3.05) is 13.7 Å². The summed E-state index contributed by atoms with van der Waals surface area (Å²) in [5.41, 5.74) is -3.49. The maximum absolute atomic E-state index is 12.0. The minimum absolute atomic E-state index is 0.0313. The van der Waals surface area contributed by atoms with Crippen molar-refractivity contribution in [3.8, 4) is 0 Å². The molecule has 0 aromatic heterocycles. The second kappa shape index (κ2) is 7.50. The Hall–Kier alpha value is -1.31. The summed E-state index contributed by atoms with van der Waals surface area (Å²) in [5, 5.41) is 61.1. The van der Waals surface area contributed by atoms with E-state index in [-0.39, 0.29) is 18.4 Å². The highest BCUT2D eigenvalue weighted by atomic mass is 16.8. The van der Waals surface area contributed by atoms with Gasteiger partial charge in [-0.15, -0.1) is 0 Å². The minimum Gasteiger partial charge on any atom is -0.471 e. The third kappa shape index (κ3) is 3.31. The average molecular weight is 406 g/mol. The zero-order valence-corrected chi connectivity index (χ0v) is 15.5. The third-order valence-electron chi connectivity index (χ3n) is 5.78. The fraction of sp³-hybridized carbons (Fsp3) is 0.824. The fourth-order valence-electron chi connectivity index (χ4n) is 4.16. The molecule has 0 aromatic rings. The molecule has 0 bridgehead atoms. The van der Waals surface area contributed by atoms with Crippen LogP contribution in [0.25, 0.3) is 0 Å². The number of carbonyl (C=O) groups excluding carboxylic acids is 1. The largest absolute Gasteiger partial charge is 0.471 e. The summed E-state index contributed by atoms with van der Waals surface area (Å²) in [6, 6.07) is 0. The Morgan fingerprint density at radius 1 is 1.18 bits per heavy atom. The van der Waals surface area contributed by atoms with Crippen LogP contribution in [0.1, 0.15) is 19.8 Å². The third-order valence-corrected chi connectivity index (χ3v) is 5.78. The highest BCUT2D eigenvalue weighted by Gasteiger charge is 2.64. The van der Waals surface area contributed by atoms with Crippen LogP contribution in [0.15, 0.2) is 11.8 Å². The number of carbonyl (C=O) groups is 1. The van der Waals surface area contributed by atoms with Crippen molar-refractivity contribution in [1.82, 2.24) is 0 Å². The topological polar surface area (TPSA) is 175 Å². The molecule has 6 N–H and O–H groups in total. The lowest BCUT2D eigenvalue weighted by molar-refractivity contribution is -0.351. The standard InChI is InChI=1S/C17H26O11/c1-16(23)3-4-17(24)7(13(22)25-2)6-26-15(12(16)17)28-14-11(21)10(20)9(19)8(5-18)27-14/h6,8-12,14-15,18-21,23-24H,3-5H2,1-2H3/t8-,9-,10+,11-,12-,14+,15+,16+,17+/m1/s1. The van der Waals surface area contributed by atoms with E-state index in [1.807, 2.05) is 0 Å². The summed E-state index contributed by atoms with van der Waals surface area (Å²) < 4.78 is 20.9. The molecular formula is C17H26O11. The van der Waals surface area contributed by atoms with Crippen molar-refractivity contribution in [2.24, 2.45) is 5.92 Å². The summed E-state index contributed by atoms with van der Waals surface area (Å²) in [7, 11) is 1.14. The minimum atomic E-state index is -1.81. The quantitative estimate of drug-likeness (QED) is 0.264. The van der Waals surface area contributed by atoms with Crippen molar-refractivity contribution in [3.63, 3.8) is 0 Å². The number of rotatable bonds is 4. The lowest BCUT2D eigenvalue weighted by Gasteiger charge is -2.46. The van der Waals surface area contributed by atoms with Crippen LogP contribution >= 0.6 is 0 Å². The Bertz CT molecular complexity index is 633. The first-order valence-electron chi connectivity index (χ1n) is 8.92. The highest BCUT2D eigenvalue weighted by molar-refractivity contribution is 5.90. The average Bonchev–Trinajstić information content (AvgIpc) is 2.92. The Morgan fingerprint density at radius 2 is 1.86 bits per heavy atom. The molecule has 11 nitrogen and oxygen atoms in total. The van der Waals surface area contributed by atoms with Crippen molar-refractivity contribution < 1.29 is 54.4 Å². The van der Waals surface area contributed by atoms with Gasteiger partial charge in [0.2, 0.25) is 6.29 Å². The molecule has 1 aliphatic carbocycles. The van der Waals surface area contributed by atoms with Gasteiger partial charge >= 0.3 is 5.97 Å². The smallest absolute Gasteiger partial charge is 0.339 e. The zero-order chi connectivity index (χ0) is 20.9. The van der Waals surface area contributed by atoms with Crippen LogP contribution in [0.2, 0.25) is 0 Å². The Balaban J connectivity index is 1.88. The monoisotopic (exact) mass is 406 g/mol. The van der Waals surface area contributed by atoms with Gasteiger partial charge in [0.1, 0.15) is 35.6 Å². The van der Waals surface area contributed by atoms with Crippen LogP contribution in [0.4, 0.5) is 0 Å². The molecule has 2 heterocycles. The number of methoxy groups -OCH3 is 1. The van der Waals surface area contributed by atoms with Gasteiger partial charge in [-0.05, 0) is 19.8 Å². The molecule has 2 fully saturated rings. The number of hydrogen-bond donors (Lipinski definition) is 6. The number of aliphatic hydroxyl groups excluding tert-OH is 4. The highest BCUT2D eigenvalue weighted by Crippen LogP contribution is 2.52. The summed E-state index contributed by atoms with van der Waals surface area (Å²) in [6.45, 7) is 0.802. The fourth-order valence-corrected chi connectivity index (χ4v) is 4.16. The van der Waals surface area contributed by atoms with E-state index in [0.29, 0.717) is 0 Å². The number of hydrogen-bond acceptors (Lipinski definition) is 11. The van der Waals surface area contributed by atoms with Gasteiger partial charge in [0.15, 0.2) is 6.29 Å². The molecule has 0 aromatic carbocycles. The maximum atomic E-state index is 12.0. The first-order chi connectivity index (χ1) is 13.1. The molecule has 3 rings (SSSR count). The second-order valence-corrected chi connectivity index (χ2v) is 7.62. The molecule has 2 aliphatic heterocycles. The van der Waals surface area contributed by atoms with Crippen LogP contribution in [0.3, 0.4) is 0 Å². The van der Waals surface area contributed by atoms with Crippen LogP contribution in [0, 0.1) is 5.92 Å². The number of ether oxygens (including phenoxy) is 4. The molecule has 0 unspecified atom stereocenters. The normalized spacial score (nSPS) is 48.4. The van der Waals surface area contributed by atoms with Crippen molar-refractivity contribution in [1.29, 1.82) is 0 Å². The van der Waals surface area contributed by atoms with Crippen molar-refractivity contribution in [3.05, 3.63) is 11.8 Å². The van der Waals surface area contributed by atoms with E-state index in [4.69, 9.17) is 14.2 Å². The SMILES string of the molecule is COC(=O)C1=CO[C@@H](O[C@@H]2O[C@H](CO)[C@@H](O)[C@H](O)[C@H]2O)[C@@H]2[C@@](C)(O)CC[C@]12O. The van der Waals surface area contributed by atoms with Crippen LogP contribution in [-0.2, 0) is 23.7 Å². The van der Waals surface area contributed by atoms with Gasteiger partial charge < -0.3 is 49.6 Å². The van der Waals surface area contributed by atoms with Crippen LogP contribution in [-0.4, -0.2) is 98.5 Å². The number of fused-ring (bicyclic) bond motifs is 1. The van der Waals surface area contributed by atoms with E-state index in [9.17, 15) is 35.4 Å².